The van der Waals surface area contributed by atoms with Crippen LogP contribution >= 0.6 is 0 Å². The number of benzene rings is 2. The number of nitrogens with zero attached hydrogens (tertiary/aromatic N) is 1. The van der Waals surface area contributed by atoms with E-state index < -0.39 is 41.7 Å². The molecule has 0 saturated carbocycles. The molecular formula is C22H15F5N2O4. The molecule has 6 nitrogen and oxygen atoms in total. The molecule has 0 saturated heterocycles. The second-order valence-electron chi connectivity index (χ2n) is 6.58. The lowest BCUT2D eigenvalue weighted by molar-refractivity contribution is -0.275. The van der Waals surface area contributed by atoms with Crippen LogP contribution in [-0.4, -0.2) is 30.3 Å². The fraction of sp³-hybridized carbons (Fsp3) is 0.136. The largest absolute Gasteiger partial charge is 0.573 e. The van der Waals surface area contributed by atoms with Crippen LogP contribution in [0.2, 0.25) is 0 Å². The average molecular weight is 466 g/mol. The van der Waals surface area contributed by atoms with Crippen LogP contribution in [0.5, 0.6) is 5.75 Å². The first-order valence-electron chi connectivity index (χ1n) is 9.24. The van der Waals surface area contributed by atoms with Crippen LogP contribution in [0.1, 0.15) is 38.0 Å². The smallest absolute Gasteiger partial charge is 0.465 e. The lowest BCUT2D eigenvalue weighted by atomic mass is 10.0. The highest BCUT2D eigenvalue weighted by Gasteiger charge is 2.33. The number of ether oxygens (including phenoxy) is 2. The molecule has 11 heteroatoms. The van der Waals surface area contributed by atoms with Crippen molar-refractivity contribution in [1.29, 1.82) is 0 Å². The molecule has 1 N–H and O–H groups in total. The van der Waals surface area contributed by atoms with Crippen molar-refractivity contribution in [2.75, 3.05) is 7.11 Å². The van der Waals surface area contributed by atoms with Gasteiger partial charge in [0, 0.05) is 11.8 Å². The van der Waals surface area contributed by atoms with E-state index in [1.165, 1.54) is 43.6 Å². The number of alkyl halides is 3. The molecule has 0 radical (unpaired) electrons. The van der Waals surface area contributed by atoms with Gasteiger partial charge < -0.3 is 14.8 Å². The number of hydrogen-bond donors (Lipinski definition) is 1. The quantitative estimate of drug-likeness (QED) is 0.426. The number of methoxy groups -OCH3 is 1. The van der Waals surface area contributed by atoms with Gasteiger partial charge in [0.25, 0.3) is 5.91 Å². The fourth-order valence-corrected chi connectivity index (χ4v) is 2.91. The maximum absolute atomic E-state index is 14.4. The number of aromatic nitrogens is 1. The van der Waals surface area contributed by atoms with Crippen molar-refractivity contribution in [1.82, 2.24) is 10.3 Å². The number of carbonyl (C=O) groups excluding carboxylic acids is 2. The van der Waals surface area contributed by atoms with Crippen molar-refractivity contribution in [3.8, 4) is 5.75 Å². The van der Waals surface area contributed by atoms with E-state index in [9.17, 15) is 31.5 Å². The van der Waals surface area contributed by atoms with Gasteiger partial charge in [-0.15, -0.1) is 13.2 Å². The molecule has 0 aliphatic carbocycles. The standard InChI is InChI=1S/C22H15F5N2O4/c1-32-21(31)13-6-4-12(5-7-13)20(30)29-18(19-15(23)3-2-10-28-19)14-8-9-17(16(24)11-14)33-22(25,26)27/h2-11,18H,1H3,(H,29,30)/t18-/m0/s1. The summed E-state index contributed by atoms with van der Waals surface area (Å²) < 4.78 is 74.2. The normalized spacial score (nSPS) is 12.1. The van der Waals surface area contributed by atoms with Crippen molar-refractivity contribution >= 4 is 11.9 Å². The molecule has 0 fully saturated rings. The van der Waals surface area contributed by atoms with Crippen molar-refractivity contribution < 1.29 is 41.0 Å². The Hall–Kier alpha value is -4.02. The molecule has 2 aromatic carbocycles. The summed E-state index contributed by atoms with van der Waals surface area (Å²) in [5, 5.41) is 2.48. The first kappa shape index (κ1) is 23.6. The minimum Gasteiger partial charge on any atom is -0.465 e. The number of rotatable bonds is 6. The molecule has 3 rings (SSSR count). The first-order valence-corrected chi connectivity index (χ1v) is 9.24. The minimum atomic E-state index is -5.11. The number of amides is 1. The number of hydrogen-bond acceptors (Lipinski definition) is 5. The summed E-state index contributed by atoms with van der Waals surface area (Å²) in [6.45, 7) is 0. The van der Waals surface area contributed by atoms with Gasteiger partial charge in [-0.1, -0.05) is 6.07 Å². The third-order valence-electron chi connectivity index (χ3n) is 4.42. The van der Waals surface area contributed by atoms with Gasteiger partial charge in [0.2, 0.25) is 0 Å². The highest BCUT2D eigenvalue weighted by molar-refractivity contribution is 5.96. The van der Waals surface area contributed by atoms with Crippen molar-refractivity contribution in [3.63, 3.8) is 0 Å². The highest BCUT2D eigenvalue weighted by atomic mass is 19.4. The topological polar surface area (TPSA) is 77.5 Å². The second kappa shape index (κ2) is 9.63. The summed E-state index contributed by atoms with van der Waals surface area (Å²) in [5.74, 6) is -4.65. The Kier molecular flexibility index (Phi) is 6.90. The Labute approximate surface area is 184 Å². The van der Waals surface area contributed by atoms with Gasteiger partial charge in [0.05, 0.1) is 18.7 Å². The Morgan fingerprint density at radius 3 is 2.21 bits per heavy atom. The van der Waals surface area contributed by atoms with Crippen molar-refractivity contribution in [2.24, 2.45) is 0 Å². The molecule has 0 aliphatic rings. The highest BCUT2D eigenvalue weighted by Crippen LogP contribution is 2.30. The first-order chi connectivity index (χ1) is 15.6. The average Bonchev–Trinajstić information content (AvgIpc) is 2.78. The van der Waals surface area contributed by atoms with Crippen LogP contribution in [0.25, 0.3) is 0 Å². The van der Waals surface area contributed by atoms with Gasteiger partial charge in [0.15, 0.2) is 11.6 Å². The predicted octanol–water partition coefficient (Wildman–Crippen LogP) is 4.56. The van der Waals surface area contributed by atoms with Crippen LogP contribution < -0.4 is 10.1 Å². The number of esters is 1. The fourth-order valence-electron chi connectivity index (χ4n) is 2.91. The monoisotopic (exact) mass is 466 g/mol. The van der Waals surface area contributed by atoms with Crippen LogP contribution in [0.3, 0.4) is 0 Å². The molecule has 3 aromatic rings. The minimum absolute atomic E-state index is 0.0708. The Morgan fingerprint density at radius 2 is 1.64 bits per heavy atom. The lowest BCUT2D eigenvalue weighted by Gasteiger charge is -2.20. The number of nitrogens with one attached hydrogen (secondary N) is 1. The molecule has 0 bridgehead atoms. The summed E-state index contributed by atoms with van der Waals surface area (Å²) in [6.07, 6.45) is -3.88. The Balaban J connectivity index is 1.95. The van der Waals surface area contributed by atoms with E-state index in [-0.39, 0.29) is 22.4 Å². The van der Waals surface area contributed by atoms with E-state index in [1.807, 2.05) is 0 Å². The summed E-state index contributed by atoms with van der Waals surface area (Å²) in [4.78, 5) is 28.2. The summed E-state index contributed by atoms with van der Waals surface area (Å²) in [7, 11) is 1.19. The lowest BCUT2D eigenvalue weighted by Crippen LogP contribution is -2.30. The predicted molar refractivity (Wildman–Crippen MR) is 104 cm³/mol. The van der Waals surface area contributed by atoms with Gasteiger partial charge in [-0.05, 0) is 54.1 Å². The molecule has 1 heterocycles. The van der Waals surface area contributed by atoms with Gasteiger partial charge in [-0.3, -0.25) is 9.78 Å². The summed E-state index contributed by atoms with van der Waals surface area (Å²) >= 11 is 0. The Bertz CT molecular complexity index is 1170. The van der Waals surface area contributed by atoms with Crippen LogP contribution in [0, 0.1) is 11.6 Å². The summed E-state index contributed by atoms with van der Waals surface area (Å²) in [5.41, 5.74) is -0.120. The van der Waals surface area contributed by atoms with Crippen molar-refractivity contribution in [2.45, 2.75) is 12.4 Å². The zero-order valence-corrected chi connectivity index (χ0v) is 16.8. The van der Waals surface area contributed by atoms with Crippen LogP contribution in [0.15, 0.2) is 60.8 Å². The molecule has 1 atom stereocenters. The number of carbonyl (C=O) groups is 2. The number of halogens is 5. The van der Waals surface area contributed by atoms with E-state index >= 15 is 0 Å². The second-order valence-corrected chi connectivity index (χ2v) is 6.58. The summed E-state index contributed by atoms with van der Waals surface area (Å²) in [6, 6.07) is 8.73. The third kappa shape index (κ3) is 5.82. The van der Waals surface area contributed by atoms with Gasteiger partial charge >= 0.3 is 12.3 Å². The van der Waals surface area contributed by atoms with Crippen LogP contribution in [-0.2, 0) is 4.74 Å². The zero-order chi connectivity index (χ0) is 24.2. The molecule has 0 aliphatic heterocycles. The van der Waals surface area contributed by atoms with E-state index in [0.717, 1.165) is 12.1 Å². The van der Waals surface area contributed by atoms with Crippen LogP contribution in [0.4, 0.5) is 22.0 Å². The van der Waals surface area contributed by atoms with E-state index in [1.54, 1.807) is 0 Å². The van der Waals surface area contributed by atoms with Gasteiger partial charge in [-0.2, -0.15) is 0 Å². The maximum Gasteiger partial charge on any atom is 0.573 e. The molecule has 0 spiro atoms. The molecular weight excluding hydrogens is 451 g/mol. The molecule has 0 unspecified atom stereocenters. The SMILES string of the molecule is COC(=O)c1ccc(C(=O)N[C@@H](c2ccc(OC(F)(F)F)c(F)c2)c2ncccc2F)cc1. The van der Waals surface area contributed by atoms with E-state index in [4.69, 9.17) is 0 Å². The van der Waals surface area contributed by atoms with E-state index in [0.29, 0.717) is 12.1 Å². The molecule has 172 valence electrons. The zero-order valence-electron chi connectivity index (χ0n) is 16.8. The molecule has 33 heavy (non-hydrogen) atoms. The van der Waals surface area contributed by atoms with Gasteiger partial charge in [-0.25, -0.2) is 13.6 Å². The van der Waals surface area contributed by atoms with E-state index in [2.05, 4.69) is 19.8 Å². The molecule has 1 aromatic heterocycles. The van der Waals surface area contributed by atoms with Gasteiger partial charge in [0.1, 0.15) is 11.5 Å². The number of pyridine rings is 1. The third-order valence-corrected chi connectivity index (χ3v) is 4.42. The molecule has 1 amide bonds. The maximum atomic E-state index is 14.4. The Morgan fingerprint density at radius 1 is 0.970 bits per heavy atom. The van der Waals surface area contributed by atoms with Crippen molar-refractivity contribution in [3.05, 3.63) is 94.8 Å².